The Hall–Kier alpha value is -1.13. The number of benzene rings is 1. The summed E-state index contributed by atoms with van der Waals surface area (Å²) in [5, 5.41) is 3.08. The van der Waals surface area contributed by atoms with Crippen LogP contribution in [0.4, 0.5) is 4.39 Å². The minimum absolute atomic E-state index is 0.0249. The van der Waals surface area contributed by atoms with Crippen molar-refractivity contribution in [2.45, 2.75) is 18.9 Å². The van der Waals surface area contributed by atoms with E-state index in [0.717, 1.165) is 19.4 Å². The van der Waals surface area contributed by atoms with E-state index in [2.05, 4.69) is 5.32 Å². The molecule has 1 aromatic rings. The molecule has 1 fully saturated rings. The number of nitrogens with one attached hydrogen (secondary N) is 1. The van der Waals surface area contributed by atoms with E-state index in [1.165, 1.54) is 18.2 Å². The minimum Gasteiger partial charge on any atom is -0.379 e. The van der Waals surface area contributed by atoms with Crippen molar-refractivity contribution >= 4 is 17.5 Å². The molecule has 2 rings (SSSR count). The molecule has 0 spiro atoms. The van der Waals surface area contributed by atoms with E-state index in [4.69, 9.17) is 16.3 Å². The molecule has 3 nitrogen and oxygen atoms in total. The highest BCUT2D eigenvalue weighted by Gasteiger charge is 2.19. The third-order valence-corrected chi connectivity index (χ3v) is 2.90. The second kappa shape index (κ2) is 5.47. The molecule has 1 aromatic carbocycles. The molecule has 1 atom stereocenters. The number of carbonyl (C=O) groups is 1. The summed E-state index contributed by atoms with van der Waals surface area (Å²) in [5.41, 5.74) is -0.0249. The highest BCUT2D eigenvalue weighted by atomic mass is 35.5. The minimum atomic E-state index is -0.566. The summed E-state index contributed by atoms with van der Waals surface area (Å²) in [6.45, 7) is 1.20. The molecule has 0 aromatic heterocycles. The lowest BCUT2D eigenvalue weighted by molar-refractivity contribution is 0.0622. The van der Waals surface area contributed by atoms with E-state index in [1.54, 1.807) is 0 Å². The molecular formula is C12H13ClFNO2. The van der Waals surface area contributed by atoms with E-state index >= 15 is 0 Å². The Morgan fingerprint density at radius 3 is 3.06 bits per heavy atom. The van der Waals surface area contributed by atoms with Gasteiger partial charge in [-0.1, -0.05) is 11.6 Å². The number of amides is 1. The van der Waals surface area contributed by atoms with Crippen LogP contribution in [0.15, 0.2) is 18.2 Å². The third kappa shape index (κ3) is 3.17. The predicted molar refractivity (Wildman–Crippen MR) is 62.7 cm³/mol. The standard InChI is InChI=1S/C12H13ClFNO2/c13-8-3-4-11(14)10(6-8)12(16)15-9-2-1-5-17-7-9/h3-4,6,9H,1-2,5,7H2,(H,15,16)/t9-/m0/s1. The molecule has 0 saturated carbocycles. The van der Waals surface area contributed by atoms with E-state index in [9.17, 15) is 9.18 Å². The van der Waals surface area contributed by atoms with Crippen molar-refractivity contribution in [2.24, 2.45) is 0 Å². The first-order valence-electron chi connectivity index (χ1n) is 5.50. The van der Waals surface area contributed by atoms with Crippen LogP contribution < -0.4 is 5.32 Å². The molecule has 0 bridgehead atoms. The number of hydrogen-bond donors (Lipinski definition) is 1. The maximum atomic E-state index is 13.4. The number of rotatable bonds is 2. The average molecular weight is 258 g/mol. The molecule has 1 heterocycles. The summed E-state index contributed by atoms with van der Waals surface area (Å²) >= 11 is 5.73. The molecule has 1 N–H and O–H groups in total. The molecule has 92 valence electrons. The van der Waals surface area contributed by atoms with E-state index in [0.29, 0.717) is 11.6 Å². The fourth-order valence-corrected chi connectivity index (χ4v) is 1.96. The van der Waals surface area contributed by atoms with Crippen LogP contribution in [-0.4, -0.2) is 25.2 Å². The zero-order valence-corrected chi connectivity index (χ0v) is 9.97. The van der Waals surface area contributed by atoms with Crippen molar-refractivity contribution in [1.29, 1.82) is 0 Å². The van der Waals surface area contributed by atoms with Crippen molar-refractivity contribution in [3.8, 4) is 0 Å². The van der Waals surface area contributed by atoms with E-state index in [-0.39, 0.29) is 11.6 Å². The molecule has 5 heteroatoms. The van der Waals surface area contributed by atoms with Crippen molar-refractivity contribution in [3.05, 3.63) is 34.6 Å². The van der Waals surface area contributed by atoms with Crippen LogP contribution in [0.2, 0.25) is 5.02 Å². The van der Waals surface area contributed by atoms with E-state index < -0.39 is 11.7 Å². The summed E-state index contributed by atoms with van der Waals surface area (Å²) < 4.78 is 18.7. The van der Waals surface area contributed by atoms with Gasteiger partial charge in [-0.2, -0.15) is 0 Å². The van der Waals surface area contributed by atoms with Gasteiger partial charge in [-0.3, -0.25) is 4.79 Å². The first-order chi connectivity index (χ1) is 8.16. The molecule has 1 aliphatic rings. The normalized spacial score (nSPS) is 20.0. The third-order valence-electron chi connectivity index (χ3n) is 2.67. The topological polar surface area (TPSA) is 38.3 Å². The zero-order valence-electron chi connectivity index (χ0n) is 9.21. The molecule has 0 unspecified atom stereocenters. The highest BCUT2D eigenvalue weighted by Crippen LogP contribution is 2.15. The van der Waals surface area contributed by atoms with Gasteiger partial charge in [0.05, 0.1) is 18.2 Å². The van der Waals surface area contributed by atoms with Gasteiger partial charge in [0.25, 0.3) is 5.91 Å². The number of hydrogen-bond acceptors (Lipinski definition) is 2. The lowest BCUT2D eigenvalue weighted by atomic mass is 10.1. The molecule has 1 amide bonds. The number of carbonyl (C=O) groups excluding carboxylic acids is 1. The first-order valence-corrected chi connectivity index (χ1v) is 5.88. The second-order valence-electron chi connectivity index (χ2n) is 4.01. The Morgan fingerprint density at radius 2 is 2.35 bits per heavy atom. The van der Waals surface area contributed by atoms with Crippen LogP contribution in [0.1, 0.15) is 23.2 Å². The quantitative estimate of drug-likeness (QED) is 0.884. The molecule has 1 aliphatic heterocycles. The summed E-state index contributed by atoms with van der Waals surface area (Å²) in [5.74, 6) is -1.01. The molecule has 1 saturated heterocycles. The first kappa shape index (κ1) is 12.3. The number of ether oxygens (including phenoxy) is 1. The highest BCUT2D eigenvalue weighted by molar-refractivity contribution is 6.31. The van der Waals surface area contributed by atoms with Crippen molar-refractivity contribution in [1.82, 2.24) is 5.32 Å². The van der Waals surface area contributed by atoms with Gasteiger partial charge in [-0.25, -0.2) is 4.39 Å². The van der Waals surface area contributed by atoms with Gasteiger partial charge in [0, 0.05) is 11.6 Å². The monoisotopic (exact) mass is 257 g/mol. The number of halogens is 2. The lowest BCUT2D eigenvalue weighted by Gasteiger charge is -2.23. The largest absolute Gasteiger partial charge is 0.379 e. The van der Waals surface area contributed by atoms with E-state index in [1.807, 2.05) is 0 Å². The zero-order chi connectivity index (χ0) is 12.3. The van der Waals surface area contributed by atoms with Crippen LogP contribution >= 0.6 is 11.6 Å². The van der Waals surface area contributed by atoms with Gasteiger partial charge >= 0.3 is 0 Å². The van der Waals surface area contributed by atoms with Crippen LogP contribution in [-0.2, 0) is 4.74 Å². The molecule has 17 heavy (non-hydrogen) atoms. The fraction of sp³-hybridized carbons (Fsp3) is 0.417. The van der Waals surface area contributed by atoms with Gasteiger partial charge < -0.3 is 10.1 Å². The van der Waals surface area contributed by atoms with Crippen LogP contribution in [0.5, 0.6) is 0 Å². The Kier molecular flexibility index (Phi) is 3.97. The second-order valence-corrected chi connectivity index (χ2v) is 4.45. The van der Waals surface area contributed by atoms with Crippen LogP contribution in [0.3, 0.4) is 0 Å². The maximum Gasteiger partial charge on any atom is 0.254 e. The average Bonchev–Trinajstić information content (AvgIpc) is 2.33. The summed E-state index contributed by atoms with van der Waals surface area (Å²) in [6.07, 6.45) is 1.76. The summed E-state index contributed by atoms with van der Waals surface area (Å²) in [6, 6.07) is 3.89. The Bertz CT molecular complexity index is 419. The Balaban J connectivity index is 2.05. The Labute approximate surface area is 104 Å². The molecule has 0 radical (unpaired) electrons. The predicted octanol–water partition coefficient (Wildman–Crippen LogP) is 2.39. The van der Waals surface area contributed by atoms with Gasteiger partial charge in [-0.05, 0) is 31.0 Å². The summed E-state index contributed by atoms with van der Waals surface area (Å²) in [4.78, 5) is 11.8. The SMILES string of the molecule is O=C(N[C@H]1CCCOC1)c1cc(Cl)ccc1F. The van der Waals surface area contributed by atoms with Gasteiger partial charge in [0.2, 0.25) is 0 Å². The molecular weight excluding hydrogens is 245 g/mol. The maximum absolute atomic E-state index is 13.4. The van der Waals surface area contributed by atoms with Crippen LogP contribution in [0, 0.1) is 5.82 Å². The van der Waals surface area contributed by atoms with Crippen molar-refractivity contribution in [3.63, 3.8) is 0 Å². The van der Waals surface area contributed by atoms with Crippen LogP contribution in [0.25, 0.3) is 0 Å². The lowest BCUT2D eigenvalue weighted by Crippen LogP contribution is -2.40. The van der Waals surface area contributed by atoms with Crippen molar-refractivity contribution < 1.29 is 13.9 Å². The van der Waals surface area contributed by atoms with Gasteiger partial charge in [-0.15, -0.1) is 0 Å². The van der Waals surface area contributed by atoms with Gasteiger partial charge in [0.1, 0.15) is 5.82 Å². The fourth-order valence-electron chi connectivity index (χ4n) is 1.79. The smallest absolute Gasteiger partial charge is 0.254 e. The van der Waals surface area contributed by atoms with Crippen molar-refractivity contribution in [2.75, 3.05) is 13.2 Å². The summed E-state index contributed by atoms with van der Waals surface area (Å²) in [7, 11) is 0. The molecule has 0 aliphatic carbocycles. The van der Waals surface area contributed by atoms with Gasteiger partial charge in [0.15, 0.2) is 0 Å². The Morgan fingerprint density at radius 1 is 1.53 bits per heavy atom.